The van der Waals surface area contributed by atoms with E-state index >= 15 is 0 Å². The van der Waals surface area contributed by atoms with Crippen molar-refractivity contribution in [3.8, 4) is 0 Å². The molecule has 1 heteroatoms. The fraction of sp³-hybridized carbons (Fsp3) is 1.00. The van der Waals surface area contributed by atoms with E-state index in [1.165, 1.54) is 13.0 Å². The Labute approximate surface area is 62.2 Å². The first kappa shape index (κ1) is 5.59. The van der Waals surface area contributed by atoms with Gasteiger partial charge in [-0.25, -0.2) is 0 Å². The van der Waals surface area contributed by atoms with Gasteiger partial charge in [-0.3, -0.25) is 0 Å². The van der Waals surface area contributed by atoms with Crippen molar-refractivity contribution < 1.29 is 0 Å². The van der Waals surface area contributed by atoms with E-state index < -0.39 is 0 Å². The first-order valence-electron chi connectivity index (χ1n) is 4.59. The Morgan fingerprint density at radius 2 is 2.10 bits per heavy atom. The highest BCUT2D eigenvalue weighted by atomic mass is 15.0. The third-order valence-electron chi connectivity index (χ3n) is 4.23. The molecule has 2 bridgehead atoms. The monoisotopic (exact) mass is 137 g/mol. The molecular formula is C9H15N. The van der Waals surface area contributed by atoms with Crippen LogP contribution >= 0.6 is 0 Å². The molecule has 3 rings (SSSR count). The van der Waals surface area contributed by atoms with Crippen molar-refractivity contribution in [1.82, 2.24) is 5.32 Å². The van der Waals surface area contributed by atoms with Crippen LogP contribution in [-0.2, 0) is 0 Å². The first-order chi connectivity index (χ1) is 4.86. The Balaban J connectivity index is 2.00. The molecule has 0 aromatic heterocycles. The fourth-order valence-corrected chi connectivity index (χ4v) is 3.61. The molecule has 56 valence electrons. The largest absolute Gasteiger partial charge is 0.313 e. The lowest BCUT2D eigenvalue weighted by molar-refractivity contribution is 0.283. The van der Waals surface area contributed by atoms with E-state index in [-0.39, 0.29) is 0 Å². The van der Waals surface area contributed by atoms with Crippen LogP contribution in [0.2, 0.25) is 0 Å². The van der Waals surface area contributed by atoms with Crippen LogP contribution in [0.1, 0.15) is 19.8 Å². The average Bonchev–Trinajstić information content (AvgIpc) is 2.43. The molecule has 2 aliphatic carbocycles. The zero-order valence-electron chi connectivity index (χ0n) is 6.51. The van der Waals surface area contributed by atoms with Gasteiger partial charge in [0.1, 0.15) is 0 Å². The second-order valence-corrected chi connectivity index (χ2v) is 4.43. The van der Waals surface area contributed by atoms with Gasteiger partial charge in [-0.1, -0.05) is 6.92 Å². The summed E-state index contributed by atoms with van der Waals surface area (Å²) in [6.07, 6.45) is 3.03. The summed E-state index contributed by atoms with van der Waals surface area (Å²) in [5.74, 6) is 4.27. The molecule has 3 fully saturated rings. The smallest absolute Gasteiger partial charge is 0.0101 e. The molecule has 1 saturated heterocycles. The maximum Gasteiger partial charge on any atom is 0.0101 e. The highest BCUT2D eigenvalue weighted by Crippen LogP contribution is 2.54. The van der Waals surface area contributed by atoms with Gasteiger partial charge in [0.15, 0.2) is 0 Å². The molecule has 1 aliphatic heterocycles. The van der Waals surface area contributed by atoms with E-state index in [1.54, 1.807) is 6.42 Å². The van der Waals surface area contributed by atoms with Crippen LogP contribution in [0.25, 0.3) is 0 Å². The lowest BCUT2D eigenvalue weighted by Crippen LogP contribution is -2.25. The Bertz CT molecular complexity index is 164. The van der Waals surface area contributed by atoms with Gasteiger partial charge in [0.2, 0.25) is 0 Å². The van der Waals surface area contributed by atoms with Crippen molar-refractivity contribution in [2.45, 2.75) is 25.8 Å². The van der Waals surface area contributed by atoms with Gasteiger partial charge < -0.3 is 5.32 Å². The third-order valence-corrected chi connectivity index (χ3v) is 4.23. The number of fused-ring (bicyclic) bond motifs is 1. The number of hydrogen-bond acceptors (Lipinski definition) is 1. The molecule has 0 spiro atoms. The molecule has 1 N–H and O–H groups in total. The second kappa shape index (κ2) is 1.58. The molecule has 3 aliphatic rings. The molecule has 0 aromatic carbocycles. The highest BCUT2D eigenvalue weighted by molar-refractivity contribution is 5.07. The Hall–Kier alpha value is -0.0400. The van der Waals surface area contributed by atoms with Crippen molar-refractivity contribution in [3.05, 3.63) is 0 Å². The van der Waals surface area contributed by atoms with Gasteiger partial charge in [0, 0.05) is 6.04 Å². The highest BCUT2D eigenvalue weighted by Gasteiger charge is 2.53. The maximum atomic E-state index is 3.64. The van der Waals surface area contributed by atoms with Gasteiger partial charge in [0.05, 0.1) is 0 Å². The summed E-state index contributed by atoms with van der Waals surface area (Å²) in [4.78, 5) is 0. The normalized spacial score (nSPS) is 63.9. The molecular weight excluding hydrogens is 122 g/mol. The standard InChI is InChI=1S/C9H15N/c1-5-6-2-7-8(5)4-10-9(7)3-6/h5-10H,2-4H2,1H3. The summed E-state index contributed by atoms with van der Waals surface area (Å²) in [6, 6.07) is 0.936. The van der Waals surface area contributed by atoms with Crippen molar-refractivity contribution >= 4 is 0 Å². The summed E-state index contributed by atoms with van der Waals surface area (Å²) in [5.41, 5.74) is 0. The summed E-state index contributed by atoms with van der Waals surface area (Å²) < 4.78 is 0. The van der Waals surface area contributed by atoms with Crippen LogP contribution in [0.15, 0.2) is 0 Å². The van der Waals surface area contributed by atoms with E-state index in [9.17, 15) is 0 Å². The predicted octanol–water partition coefficient (Wildman–Crippen LogP) is 1.25. The second-order valence-electron chi connectivity index (χ2n) is 4.43. The summed E-state index contributed by atoms with van der Waals surface area (Å²) in [7, 11) is 0. The minimum absolute atomic E-state index is 0.936. The van der Waals surface area contributed by atoms with Crippen molar-refractivity contribution in [3.63, 3.8) is 0 Å². The van der Waals surface area contributed by atoms with E-state index in [0.717, 1.165) is 29.7 Å². The molecule has 1 nitrogen and oxygen atoms in total. The van der Waals surface area contributed by atoms with E-state index in [2.05, 4.69) is 12.2 Å². The van der Waals surface area contributed by atoms with Gasteiger partial charge in [0.25, 0.3) is 0 Å². The van der Waals surface area contributed by atoms with Crippen LogP contribution in [0.4, 0.5) is 0 Å². The first-order valence-corrected chi connectivity index (χ1v) is 4.59. The summed E-state index contributed by atoms with van der Waals surface area (Å²) in [6.45, 7) is 3.78. The predicted molar refractivity (Wildman–Crippen MR) is 40.7 cm³/mol. The van der Waals surface area contributed by atoms with Crippen LogP contribution in [0.3, 0.4) is 0 Å². The molecule has 5 unspecified atom stereocenters. The Morgan fingerprint density at radius 1 is 1.20 bits per heavy atom. The zero-order chi connectivity index (χ0) is 6.72. The molecule has 0 amide bonds. The van der Waals surface area contributed by atoms with Crippen LogP contribution in [0, 0.1) is 23.7 Å². The number of nitrogens with one attached hydrogen (secondary N) is 1. The van der Waals surface area contributed by atoms with Gasteiger partial charge in [-0.15, -0.1) is 0 Å². The molecule has 0 aromatic rings. The van der Waals surface area contributed by atoms with Crippen LogP contribution < -0.4 is 5.32 Å². The fourth-order valence-electron chi connectivity index (χ4n) is 3.61. The van der Waals surface area contributed by atoms with Gasteiger partial charge in [-0.05, 0) is 43.1 Å². The van der Waals surface area contributed by atoms with Gasteiger partial charge >= 0.3 is 0 Å². The van der Waals surface area contributed by atoms with E-state index in [0.29, 0.717) is 0 Å². The average molecular weight is 137 g/mol. The summed E-state index contributed by atoms with van der Waals surface area (Å²) >= 11 is 0. The topological polar surface area (TPSA) is 12.0 Å². The number of rotatable bonds is 0. The van der Waals surface area contributed by atoms with E-state index in [4.69, 9.17) is 0 Å². The summed E-state index contributed by atoms with van der Waals surface area (Å²) in [5, 5.41) is 3.64. The lowest BCUT2D eigenvalue weighted by Gasteiger charge is -2.23. The van der Waals surface area contributed by atoms with Crippen molar-refractivity contribution in [2.75, 3.05) is 6.54 Å². The van der Waals surface area contributed by atoms with Gasteiger partial charge in [-0.2, -0.15) is 0 Å². The van der Waals surface area contributed by atoms with Crippen molar-refractivity contribution in [1.29, 1.82) is 0 Å². The zero-order valence-corrected chi connectivity index (χ0v) is 6.51. The maximum absolute atomic E-state index is 3.64. The third kappa shape index (κ3) is 0.460. The van der Waals surface area contributed by atoms with E-state index in [1.807, 2.05) is 0 Å². The molecule has 1 heterocycles. The van der Waals surface area contributed by atoms with Crippen LogP contribution in [0.5, 0.6) is 0 Å². The Kier molecular flexibility index (Phi) is 0.883. The quantitative estimate of drug-likeness (QED) is 0.530. The molecule has 10 heavy (non-hydrogen) atoms. The molecule has 0 radical (unpaired) electrons. The number of hydrogen-bond donors (Lipinski definition) is 1. The molecule has 5 atom stereocenters. The Morgan fingerprint density at radius 3 is 2.80 bits per heavy atom. The lowest BCUT2D eigenvalue weighted by atomic mass is 9.82. The van der Waals surface area contributed by atoms with Crippen LogP contribution in [-0.4, -0.2) is 12.6 Å². The van der Waals surface area contributed by atoms with Crippen molar-refractivity contribution in [2.24, 2.45) is 23.7 Å². The SMILES string of the molecule is CC1C2CC3NCC1C3C2. The minimum atomic E-state index is 0.936. The minimum Gasteiger partial charge on any atom is -0.313 e. The molecule has 2 saturated carbocycles.